The standard InChI is InChI=1S/C12H15ClFNO/c13-10-3-4-11(14)12(6-10)15-7-9-2-1-5-16-8-9/h3-4,6,9,15H,1-2,5,7-8H2. The summed E-state index contributed by atoms with van der Waals surface area (Å²) in [7, 11) is 0. The minimum absolute atomic E-state index is 0.263. The lowest BCUT2D eigenvalue weighted by Gasteiger charge is -2.22. The van der Waals surface area contributed by atoms with Crippen LogP contribution in [-0.2, 0) is 4.74 Å². The van der Waals surface area contributed by atoms with Gasteiger partial charge >= 0.3 is 0 Å². The van der Waals surface area contributed by atoms with Crippen LogP contribution in [-0.4, -0.2) is 19.8 Å². The van der Waals surface area contributed by atoms with E-state index in [1.807, 2.05) is 0 Å². The molecular formula is C12H15ClFNO. The van der Waals surface area contributed by atoms with Gasteiger partial charge < -0.3 is 10.1 Å². The molecule has 0 saturated carbocycles. The van der Waals surface area contributed by atoms with Gasteiger partial charge in [-0.2, -0.15) is 0 Å². The molecule has 1 saturated heterocycles. The third kappa shape index (κ3) is 3.09. The maximum absolute atomic E-state index is 13.4. The van der Waals surface area contributed by atoms with Gasteiger partial charge in [0.1, 0.15) is 5.82 Å². The minimum Gasteiger partial charge on any atom is -0.382 e. The van der Waals surface area contributed by atoms with Crippen molar-refractivity contribution < 1.29 is 9.13 Å². The first-order valence-electron chi connectivity index (χ1n) is 5.52. The summed E-state index contributed by atoms with van der Waals surface area (Å²) < 4.78 is 18.7. The second kappa shape index (κ2) is 5.51. The molecule has 0 radical (unpaired) electrons. The first-order chi connectivity index (χ1) is 7.75. The van der Waals surface area contributed by atoms with Crippen LogP contribution in [0.1, 0.15) is 12.8 Å². The molecule has 1 atom stereocenters. The summed E-state index contributed by atoms with van der Waals surface area (Å²) in [6, 6.07) is 4.54. The Morgan fingerprint density at radius 1 is 1.50 bits per heavy atom. The molecular weight excluding hydrogens is 229 g/mol. The SMILES string of the molecule is Fc1ccc(Cl)cc1NCC1CCCOC1. The summed E-state index contributed by atoms with van der Waals surface area (Å²) in [4.78, 5) is 0. The highest BCUT2D eigenvalue weighted by Crippen LogP contribution is 2.21. The minimum atomic E-state index is -0.263. The first-order valence-corrected chi connectivity index (χ1v) is 5.90. The molecule has 1 aliphatic rings. The van der Waals surface area contributed by atoms with Crippen molar-refractivity contribution >= 4 is 17.3 Å². The second-order valence-corrected chi connectivity index (χ2v) is 4.52. The molecule has 1 fully saturated rings. The molecule has 1 aromatic carbocycles. The van der Waals surface area contributed by atoms with Crippen LogP contribution >= 0.6 is 11.6 Å². The lowest BCUT2D eigenvalue weighted by molar-refractivity contribution is 0.0595. The number of ether oxygens (including phenoxy) is 1. The number of hydrogen-bond acceptors (Lipinski definition) is 2. The maximum Gasteiger partial charge on any atom is 0.146 e. The average molecular weight is 244 g/mol. The number of hydrogen-bond donors (Lipinski definition) is 1. The summed E-state index contributed by atoms with van der Waals surface area (Å²) >= 11 is 5.81. The summed E-state index contributed by atoms with van der Waals surface area (Å²) in [5.41, 5.74) is 0.470. The molecule has 0 bridgehead atoms. The fourth-order valence-corrected chi connectivity index (χ4v) is 2.03. The number of halogens is 2. The van der Waals surface area contributed by atoms with Gasteiger partial charge in [-0.25, -0.2) is 4.39 Å². The lowest BCUT2D eigenvalue weighted by Crippen LogP contribution is -2.24. The van der Waals surface area contributed by atoms with E-state index in [0.717, 1.165) is 32.6 Å². The highest BCUT2D eigenvalue weighted by Gasteiger charge is 2.14. The van der Waals surface area contributed by atoms with Crippen LogP contribution in [0.4, 0.5) is 10.1 Å². The Morgan fingerprint density at radius 3 is 3.12 bits per heavy atom. The normalized spacial score (nSPS) is 20.8. The Bertz CT molecular complexity index is 353. The van der Waals surface area contributed by atoms with Gasteiger partial charge in [-0.3, -0.25) is 0 Å². The van der Waals surface area contributed by atoms with Crippen molar-refractivity contribution in [3.8, 4) is 0 Å². The Labute approximate surface area is 99.7 Å². The van der Waals surface area contributed by atoms with Gasteiger partial charge in [0.2, 0.25) is 0 Å². The van der Waals surface area contributed by atoms with Crippen LogP contribution in [0, 0.1) is 11.7 Å². The summed E-state index contributed by atoms with van der Waals surface area (Å²) in [6.45, 7) is 2.34. The Hall–Kier alpha value is -0.800. The van der Waals surface area contributed by atoms with Gasteiger partial charge in [-0.1, -0.05) is 11.6 Å². The summed E-state index contributed by atoms with van der Waals surface area (Å²) in [5, 5.41) is 3.63. The van der Waals surface area contributed by atoms with Crippen molar-refractivity contribution in [2.45, 2.75) is 12.8 Å². The van der Waals surface area contributed by atoms with E-state index in [1.165, 1.54) is 6.07 Å². The molecule has 0 aromatic heterocycles. The zero-order valence-electron chi connectivity index (χ0n) is 9.01. The second-order valence-electron chi connectivity index (χ2n) is 4.09. The fourth-order valence-electron chi connectivity index (χ4n) is 1.86. The number of benzene rings is 1. The fraction of sp³-hybridized carbons (Fsp3) is 0.500. The summed E-state index contributed by atoms with van der Waals surface area (Å²) in [6.07, 6.45) is 2.22. The first kappa shape index (κ1) is 11.7. The predicted molar refractivity (Wildman–Crippen MR) is 63.4 cm³/mol. The van der Waals surface area contributed by atoms with E-state index in [1.54, 1.807) is 12.1 Å². The van der Waals surface area contributed by atoms with Crippen molar-refractivity contribution in [1.82, 2.24) is 0 Å². The third-order valence-corrected chi connectivity index (χ3v) is 3.00. The highest BCUT2D eigenvalue weighted by molar-refractivity contribution is 6.30. The van der Waals surface area contributed by atoms with E-state index in [9.17, 15) is 4.39 Å². The van der Waals surface area contributed by atoms with E-state index >= 15 is 0 Å². The molecule has 0 aliphatic carbocycles. The molecule has 1 aliphatic heterocycles. The zero-order chi connectivity index (χ0) is 11.4. The smallest absolute Gasteiger partial charge is 0.146 e. The van der Waals surface area contributed by atoms with Crippen LogP contribution in [0.2, 0.25) is 5.02 Å². The van der Waals surface area contributed by atoms with Gasteiger partial charge in [-0.05, 0) is 37.0 Å². The number of anilines is 1. The third-order valence-electron chi connectivity index (χ3n) is 2.76. The highest BCUT2D eigenvalue weighted by atomic mass is 35.5. The molecule has 0 amide bonds. The number of rotatable bonds is 3. The molecule has 16 heavy (non-hydrogen) atoms. The van der Waals surface area contributed by atoms with Crippen molar-refractivity contribution in [1.29, 1.82) is 0 Å². The molecule has 2 rings (SSSR count). The monoisotopic (exact) mass is 243 g/mol. The van der Waals surface area contributed by atoms with Crippen LogP contribution in [0.3, 0.4) is 0 Å². The number of nitrogens with one attached hydrogen (secondary N) is 1. The Balaban J connectivity index is 1.90. The molecule has 1 N–H and O–H groups in total. The molecule has 1 heterocycles. The summed E-state index contributed by atoms with van der Waals surface area (Å²) in [5.74, 6) is 0.202. The molecule has 88 valence electrons. The van der Waals surface area contributed by atoms with Crippen LogP contribution in [0.5, 0.6) is 0 Å². The quantitative estimate of drug-likeness (QED) is 0.880. The average Bonchev–Trinajstić information content (AvgIpc) is 2.32. The van der Waals surface area contributed by atoms with E-state index in [4.69, 9.17) is 16.3 Å². The van der Waals surface area contributed by atoms with Crippen molar-refractivity contribution in [2.24, 2.45) is 5.92 Å². The predicted octanol–water partition coefficient (Wildman–Crippen LogP) is 3.32. The van der Waals surface area contributed by atoms with E-state index in [-0.39, 0.29) is 5.82 Å². The molecule has 2 nitrogen and oxygen atoms in total. The van der Waals surface area contributed by atoms with E-state index < -0.39 is 0 Å². The topological polar surface area (TPSA) is 21.3 Å². The van der Waals surface area contributed by atoms with Gasteiger partial charge in [0.15, 0.2) is 0 Å². The van der Waals surface area contributed by atoms with Gasteiger partial charge in [0, 0.05) is 18.2 Å². The van der Waals surface area contributed by atoms with Gasteiger partial charge in [0.25, 0.3) is 0 Å². The van der Waals surface area contributed by atoms with Gasteiger partial charge in [-0.15, -0.1) is 0 Å². The van der Waals surface area contributed by atoms with Crippen LogP contribution in [0.25, 0.3) is 0 Å². The van der Waals surface area contributed by atoms with Crippen LogP contribution < -0.4 is 5.32 Å². The lowest BCUT2D eigenvalue weighted by atomic mass is 10.0. The van der Waals surface area contributed by atoms with Crippen molar-refractivity contribution in [3.63, 3.8) is 0 Å². The van der Waals surface area contributed by atoms with Crippen molar-refractivity contribution in [3.05, 3.63) is 29.0 Å². The maximum atomic E-state index is 13.4. The molecule has 1 aromatic rings. The molecule has 4 heteroatoms. The van der Waals surface area contributed by atoms with E-state index in [0.29, 0.717) is 16.6 Å². The Kier molecular flexibility index (Phi) is 4.02. The van der Waals surface area contributed by atoms with Crippen LogP contribution in [0.15, 0.2) is 18.2 Å². The molecule has 0 spiro atoms. The van der Waals surface area contributed by atoms with Gasteiger partial charge in [0.05, 0.1) is 12.3 Å². The van der Waals surface area contributed by atoms with E-state index in [2.05, 4.69) is 5.32 Å². The zero-order valence-corrected chi connectivity index (χ0v) is 9.77. The van der Waals surface area contributed by atoms with Crippen molar-refractivity contribution in [2.75, 3.05) is 25.1 Å². The Morgan fingerprint density at radius 2 is 2.38 bits per heavy atom. The molecule has 1 unspecified atom stereocenters. The largest absolute Gasteiger partial charge is 0.382 e.